The first-order chi connectivity index (χ1) is 11.3. The first kappa shape index (κ1) is 17.0. The lowest BCUT2D eigenvalue weighted by atomic mass is 9.89. The number of piperidine rings is 1. The van der Waals surface area contributed by atoms with E-state index in [0.717, 1.165) is 30.9 Å². The fraction of sp³-hybridized carbons (Fsp3) is 0.750. The highest BCUT2D eigenvalue weighted by molar-refractivity contribution is 5.00. The van der Waals surface area contributed by atoms with Crippen LogP contribution >= 0.6 is 0 Å². The number of hydrogen-bond donors (Lipinski definition) is 1. The number of aryl methyl sites for hydroxylation is 1. The van der Waals surface area contributed by atoms with E-state index in [9.17, 15) is 5.11 Å². The summed E-state index contributed by atoms with van der Waals surface area (Å²) in [6.45, 7) is 8.59. The van der Waals surface area contributed by atoms with E-state index >= 15 is 0 Å². The van der Waals surface area contributed by atoms with Gasteiger partial charge in [0.1, 0.15) is 12.2 Å². The van der Waals surface area contributed by atoms with E-state index in [1.165, 1.54) is 0 Å². The molecule has 0 aromatic carbocycles. The molecule has 2 aromatic heterocycles. The van der Waals surface area contributed by atoms with Crippen molar-refractivity contribution >= 4 is 0 Å². The standard InChI is InChI=1S/C16H27N7O/c1-15(2,3)23-10-13(18-20-23)9-22-7-5-6-16(24,11-22)8-14-19-17-12-21(14)4/h10,12,24H,5-9,11H2,1-4H3. The summed E-state index contributed by atoms with van der Waals surface area (Å²) in [5, 5.41) is 27.5. The van der Waals surface area contributed by atoms with Gasteiger partial charge in [-0.1, -0.05) is 5.21 Å². The van der Waals surface area contributed by atoms with Crippen molar-refractivity contribution in [1.82, 2.24) is 34.7 Å². The van der Waals surface area contributed by atoms with Crippen molar-refractivity contribution < 1.29 is 5.11 Å². The molecule has 1 saturated heterocycles. The molecule has 0 aliphatic carbocycles. The Hall–Kier alpha value is -1.80. The third-order valence-corrected chi connectivity index (χ3v) is 4.54. The second-order valence-electron chi connectivity index (χ2n) is 7.90. The van der Waals surface area contributed by atoms with Gasteiger partial charge in [0, 0.05) is 26.6 Å². The van der Waals surface area contributed by atoms with Gasteiger partial charge in [-0.3, -0.25) is 4.90 Å². The maximum atomic E-state index is 11.0. The molecule has 8 nitrogen and oxygen atoms in total. The van der Waals surface area contributed by atoms with Crippen LogP contribution in [-0.4, -0.2) is 58.5 Å². The van der Waals surface area contributed by atoms with Gasteiger partial charge in [0.15, 0.2) is 0 Å². The van der Waals surface area contributed by atoms with Crippen LogP contribution in [0.4, 0.5) is 0 Å². The summed E-state index contributed by atoms with van der Waals surface area (Å²) in [5.74, 6) is 0.818. The summed E-state index contributed by atoms with van der Waals surface area (Å²) in [6.07, 6.45) is 5.93. The lowest BCUT2D eigenvalue weighted by Crippen LogP contribution is -2.49. The molecule has 1 fully saturated rings. The lowest BCUT2D eigenvalue weighted by Gasteiger charge is -2.38. The molecule has 1 atom stereocenters. The summed E-state index contributed by atoms with van der Waals surface area (Å²) in [6, 6.07) is 0. The number of rotatable bonds is 4. The van der Waals surface area contributed by atoms with Gasteiger partial charge >= 0.3 is 0 Å². The zero-order chi connectivity index (χ0) is 17.4. The molecule has 24 heavy (non-hydrogen) atoms. The molecule has 1 aliphatic heterocycles. The largest absolute Gasteiger partial charge is 0.388 e. The van der Waals surface area contributed by atoms with Crippen LogP contribution in [0.2, 0.25) is 0 Å². The molecule has 3 heterocycles. The Labute approximate surface area is 142 Å². The minimum absolute atomic E-state index is 0.0704. The molecular formula is C16H27N7O. The Morgan fingerprint density at radius 1 is 1.29 bits per heavy atom. The van der Waals surface area contributed by atoms with E-state index in [0.29, 0.717) is 19.5 Å². The number of likely N-dealkylation sites (tertiary alicyclic amines) is 1. The zero-order valence-corrected chi connectivity index (χ0v) is 15.0. The highest BCUT2D eigenvalue weighted by atomic mass is 16.3. The summed E-state index contributed by atoms with van der Waals surface area (Å²) < 4.78 is 3.75. The molecule has 3 rings (SSSR count). The third-order valence-electron chi connectivity index (χ3n) is 4.54. The third kappa shape index (κ3) is 3.81. The molecule has 0 radical (unpaired) electrons. The Kier molecular flexibility index (Phi) is 4.44. The van der Waals surface area contributed by atoms with Crippen LogP contribution in [0, 0.1) is 0 Å². The van der Waals surface area contributed by atoms with Gasteiger partial charge in [-0.2, -0.15) is 0 Å². The highest BCUT2D eigenvalue weighted by Gasteiger charge is 2.35. The van der Waals surface area contributed by atoms with Gasteiger partial charge in [0.05, 0.1) is 23.0 Å². The summed E-state index contributed by atoms with van der Waals surface area (Å²) in [5.41, 5.74) is 0.103. The monoisotopic (exact) mass is 333 g/mol. The van der Waals surface area contributed by atoms with Gasteiger partial charge in [0.2, 0.25) is 0 Å². The second-order valence-corrected chi connectivity index (χ2v) is 7.90. The normalized spacial score (nSPS) is 22.9. The Morgan fingerprint density at radius 2 is 2.08 bits per heavy atom. The van der Waals surface area contributed by atoms with Crippen LogP contribution in [0.25, 0.3) is 0 Å². The predicted octanol–water partition coefficient (Wildman–Crippen LogP) is 0.731. The molecule has 132 valence electrons. The first-order valence-electron chi connectivity index (χ1n) is 8.44. The molecule has 8 heteroatoms. The Bertz CT molecular complexity index is 687. The maximum Gasteiger partial charge on any atom is 0.135 e. The number of β-amino-alcohol motifs (C(OH)–C–C–N with tert-alkyl or cyclic N) is 1. The van der Waals surface area contributed by atoms with Crippen molar-refractivity contribution in [3.63, 3.8) is 0 Å². The van der Waals surface area contributed by atoms with Crippen molar-refractivity contribution in [2.75, 3.05) is 13.1 Å². The number of hydrogen-bond acceptors (Lipinski definition) is 6. The summed E-state index contributed by atoms with van der Waals surface area (Å²) in [7, 11) is 1.91. The second kappa shape index (κ2) is 6.25. The van der Waals surface area contributed by atoms with E-state index in [1.807, 2.05) is 22.5 Å². The van der Waals surface area contributed by atoms with Crippen molar-refractivity contribution in [1.29, 1.82) is 0 Å². The number of nitrogens with zero attached hydrogens (tertiary/aromatic N) is 7. The van der Waals surface area contributed by atoms with Crippen LogP contribution in [0.1, 0.15) is 45.1 Å². The first-order valence-corrected chi connectivity index (χ1v) is 8.44. The van der Waals surface area contributed by atoms with E-state index in [1.54, 1.807) is 6.33 Å². The van der Waals surface area contributed by atoms with Crippen LogP contribution < -0.4 is 0 Å². The van der Waals surface area contributed by atoms with Crippen LogP contribution in [0.15, 0.2) is 12.5 Å². The molecule has 1 unspecified atom stereocenters. The molecule has 2 aromatic rings. The SMILES string of the molecule is Cn1cnnc1CC1(O)CCCN(Cc2cn(C(C)(C)C)nn2)C1. The molecule has 0 saturated carbocycles. The smallest absolute Gasteiger partial charge is 0.135 e. The number of aliphatic hydroxyl groups is 1. The number of aromatic nitrogens is 6. The van der Waals surface area contributed by atoms with Gasteiger partial charge in [-0.05, 0) is 40.2 Å². The van der Waals surface area contributed by atoms with Gasteiger partial charge in [-0.15, -0.1) is 15.3 Å². The van der Waals surface area contributed by atoms with Gasteiger partial charge in [-0.25, -0.2) is 4.68 Å². The van der Waals surface area contributed by atoms with Crippen molar-refractivity contribution in [2.24, 2.45) is 7.05 Å². The van der Waals surface area contributed by atoms with E-state index < -0.39 is 5.60 Å². The van der Waals surface area contributed by atoms with E-state index in [4.69, 9.17) is 0 Å². The molecule has 0 spiro atoms. The Morgan fingerprint density at radius 3 is 2.71 bits per heavy atom. The fourth-order valence-corrected chi connectivity index (χ4v) is 3.17. The summed E-state index contributed by atoms with van der Waals surface area (Å²) in [4.78, 5) is 2.25. The van der Waals surface area contributed by atoms with Crippen molar-refractivity contribution in [2.45, 2.75) is 57.7 Å². The topological polar surface area (TPSA) is 84.9 Å². The van der Waals surface area contributed by atoms with Crippen molar-refractivity contribution in [3.05, 3.63) is 24.0 Å². The minimum Gasteiger partial charge on any atom is -0.388 e. The average Bonchev–Trinajstić information content (AvgIpc) is 3.08. The predicted molar refractivity (Wildman–Crippen MR) is 89.2 cm³/mol. The molecule has 1 N–H and O–H groups in total. The fourth-order valence-electron chi connectivity index (χ4n) is 3.17. The molecule has 1 aliphatic rings. The molecular weight excluding hydrogens is 306 g/mol. The van der Waals surface area contributed by atoms with Gasteiger partial charge < -0.3 is 9.67 Å². The Balaban J connectivity index is 1.65. The minimum atomic E-state index is -0.765. The van der Waals surface area contributed by atoms with E-state index in [2.05, 4.69) is 46.2 Å². The average molecular weight is 333 g/mol. The highest BCUT2D eigenvalue weighted by Crippen LogP contribution is 2.25. The quantitative estimate of drug-likeness (QED) is 0.888. The lowest BCUT2D eigenvalue weighted by molar-refractivity contribution is -0.0347. The maximum absolute atomic E-state index is 11.0. The van der Waals surface area contributed by atoms with Gasteiger partial charge in [0.25, 0.3) is 0 Å². The molecule has 0 amide bonds. The molecule has 0 bridgehead atoms. The zero-order valence-electron chi connectivity index (χ0n) is 15.0. The summed E-state index contributed by atoms with van der Waals surface area (Å²) >= 11 is 0. The van der Waals surface area contributed by atoms with Crippen molar-refractivity contribution in [3.8, 4) is 0 Å². The van der Waals surface area contributed by atoms with E-state index in [-0.39, 0.29) is 5.54 Å². The van der Waals surface area contributed by atoms with Crippen LogP contribution in [0.5, 0.6) is 0 Å². The van der Waals surface area contributed by atoms with Crippen LogP contribution in [0.3, 0.4) is 0 Å². The van der Waals surface area contributed by atoms with Crippen LogP contribution in [-0.2, 0) is 25.6 Å².